The second kappa shape index (κ2) is 9.68. The van der Waals surface area contributed by atoms with Crippen LogP contribution in [-0.4, -0.2) is 15.8 Å². The largest absolute Gasteiger partial charge is 0.331 e. The molecule has 0 bridgehead atoms. The molecule has 0 aromatic heterocycles. The van der Waals surface area contributed by atoms with Crippen LogP contribution in [0.1, 0.15) is 36.4 Å². The lowest BCUT2D eigenvalue weighted by molar-refractivity contribution is 0.307. The van der Waals surface area contributed by atoms with Crippen LogP contribution in [0.3, 0.4) is 0 Å². The van der Waals surface area contributed by atoms with Gasteiger partial charge in [0.1, 0.15) is 0 Å². The van der Waals surface area contributed by atoms with Gasteiger partial charge in [-0.05, 0) is 90.7 Å². The van der Waals surface area contributed by atoms with Crippen molar-refractivity contribution in [1.29, 1.82) is 0 Å². The quantitative estimate of drug-likeness (QED) is 0.376. The highest BCUT2D eigenvalue weighted by Crippen LogP contribution is 2.44. The molecule has 0 amide bonds. The topological polar surface area (TPSA) is 27.6 Å². The number of hydrogen-bond donors (Lipinski definition) is 1. The molecule has 33 heavy (non-hydrogen) atoms. The Balaban J connectivity index is 1.52. The third-order valence-electron chi connectivity index (χ3n) is 6.16. The van der Waals surface area contributed by atoms with Gasteiger partial charge in [-0.25, -0.2) is 5.01 Å². The lowest BCUT2D eigenvalue weighted by Crippen LogP contribution is -2.34. The van der Waals surface area contributed by atoms with Gasteiger partial charge in [0.2, 0.25) is 0 Å². The van der Waals surface area contributed by atoms with E-state index >= 15 is 0 Å². The van der Waals surface area contributed by atoms with Gasteiger partial charge in [0.05, 0.1) is 11.8 Å². The zero-order valence-electron chi connectivity index (χ0n) is 17.9. The predicted octanol–water partition coefficient (Wildman–Crippen LogP) is 7.99. The van der Waals surface area contributed by atoms with Crippen LogP contribution in [0.15, 0.2) is 89.5 Å². The highest BCUT2D eigenvalue weighted by molar-refractivity contribution is 7.80. The number of nitrogens with zero attached hydrogens (tertiary/aromatic N) is 2. The summed E-state index contributed by atoms with van der Waals surface area (Å²) in [5, 5.41) is 12.5. The van der Waals surface area contributed by atoms with Crippen molar-refractivity contribution in [2.24, 2.45) is 11.0 Å². The number of fused-ring (bicyclic) bond motifs is 1. The van der Waals surface area contributed by atoms with E-state index in [9.17, 15) is 0 Å². The van der Waals surface area contributed by atoms with Crippen LogP contribution in [0, 0.1) is 5.92 Å². The van der Waals surface area contributed by atoms with E-state index in [0.717, 1.165) is 51.8 Å². The van der Waals surface area contributed by atoms with E-state index < -0.39 is 0 Å². The summed E-state index contributed by atoms with van der Waals surface area (Å²) in [6.45, 7) is 0. The van der Waals surface area contributed by atoms with Crippen LogP contribution in [0.25, 0.3) is 6.08 Å². The molecule has 2 atom stereocenters. The number of nitrogens with one attached hydrogen (secondary N) is 1. The molecule has 0 saturated heterocycles. The summed E-state index contributed by atoms with van der Waals surface area (Å²) in [5.74, 6) is 0.258. The molecule has 0 spiro atoms. The van der Waals surface area contributed by atoms with Gasteiger partial charge in [-0.3, -0.25) is 0 Å². The maximum Gasteiger partial charge on any atom is 0.194 e. The van der Waals surface area contributed by atoms with Crippen molar-refractivity contribution in [3.63, 3.8) is 0 Å². The maximum atomic E-state index is 6.19. The molecule has 1 heterocycles. The summed E-state index contributed by atoms with van der Waals surface area (Å²) in [6, 6.07) is 26.0. The van der Waals surface area contributed by atoms with Crippen molar-refractivity contribution in [1.82, 2.24) is 5.01 Å². The van der Waals surface area contributed by atoms with Crippen LogP contribution < -0.4 is 5.32 Å². The summed E-state index contributed by atoms with van der Waals surface area (Å²) >= 11 is 18.1. The molecule has 1 saturated carbocycles. The molecule has 1 N–H and O–H groups in total. The Hall–Kier alpha value is -2.66. The summed E-state index contributed by atoms with van der Waals surface area (Å²) in [5.41, 5.74) is 5.62. The number of allylic oxidation sites excluding steroid dienone is 1. The smallest absolute Gasteiger partial charge is 0.194 e. The average Bonchev–Trinajstić information content (AvgIpc) is 3.23. The van der Waals surface area contributed by atoms with E-state index in [1.54, 1.807) is 0 Å². The minimum Gasteiger partial charge on any atom is -0.331 e. The fourth-order valence-electron chi connectivity index (χ4n) is 4.62. The Kier molecular flexibility index (Phi) is 6.50. The van der Waals surface area contributed by atoms with Crippen molar-refractivity contribution >= 4 is 58.0 Å². The zero-order chi connectivity index (χ0) is 22.8. The lowest BCUT2D eigenvalue weighted by Gasteiger charge is -2.31. The highest BCUT2D eigenvalue weighted by atomic mass is 35.5. The minimum absolute atomic E-state index is 0.0231. The molecule has 5 rings (SSSR count). The summed E-state index contributed by atoms with van der Waals surface area (Å²) < 4.78 is 0. The fraction of sp³-hybridized carbons (Fsp3) is 0.185. The van der Waals surface area contributed by atoms with Gasteiger partial charge in [0, 0.05) is 21.7 Å². The number of benzene rings is 3. The van der Waals surface area contributed by atoms with Crippen molar-refractivity contribution in [2.75, 3.05) is 5.32 Å². The second-order valence-corrected chi connectivity index (χ2v) is 9.60. The van der Waals surface area contributed by atoms with Crippen molar-refractivity contribution in [2.45, 2.75) is 25.3 Å². The van der Waals surface area contributed by atoms with Crippen LogP contribution in [0.4, 0.5) is 5.69 Å². The molecule has 3 aromatic rings. The molecule has 3 aromatic carbocycles. The zero-order valence-corrected chi connectivity index (χ0v) is 20.2. The Morgan fingerprint density at radius 1 is 0.939 bits per heavy atom. The maximum absolute atomic E-state index is 6.19. The van der Waals surface area contributed by atoms with Crippen LogP contribution in [0.2, 0.25) is 10.0 Å². The van der Waals surface area contributed by atoms with Gasteiger partial charge in [-0.1, -0.05) is 65.7 Å². The van der Waals surface area contributed by atoms with E-state index in [4.69, 9.17) is 40.5 Å². The minimum atomic E-state index is 0.0231. The first-order chi connectivity index (χ1) is 16.1. The molecular formula is C27H23Cl2N3S. The first kappa shape index (κ1) is 22.1. The summed E-state index contributed by atoms with van der Waals surface area (Å²) in [4.78, 5) is 0. The van der Waals surface area contributed by atoms with Gasteiger partial charge in [-0.15, -0.1) is 0 Å². The molecule has 2 aliphatic rings. The van der Waals surface area contributed by atoms with Crippen molar-refractivity contribution < 1.29 is 0 Å². The van der Waals surface area contributed by atoms with E-state index in [1.165, 1.54) is 5.57 Å². The molecule has 1 fully saturated rings. The lowest BCUT2D eigenvalue weighted by atomic mass is 9.77. The molecule has 166 valence electrons. The molecule has 1 aliphatic carbocycles. The van der Waals surface area contributed by atoms with Crippen LogP contribution in [0.5, 0.6) is 0 Å². The number of para-hydroxylation sites is 1. The van der Waals surface area contributed by atoms with Crippen molar-refractivity contribution in [3.05, 3.63) is 106 Å². The number of hydrogen-bond acceptors (Lipinski definition) is 2. The molecule has 0 radical (unpaired) electrons. The van der Waals surface area contributed by atoms with Crippen LogP contribution >= 0.6 is 35.4 Å². The number of anilines is 1. The Morgan fingerprint density at radius 2 is 1.61 bits per heavy atom. The van der Waals surface area contributed by atoms with Gasteiger partial charge in [0.15, 0.2) is 5.11 Å². The number of thiocarbonyl (C=S) groups is 1. The van der Waals surface area contributed by atoms with Gasteiger partial charge in [-0.2, -0.15) is 5.10 Å². The standard InChI is InChI=1S/C27H23Cl2N3S/c28-21-13-9-18(10-14-21)17-20-5-4-8-24-25(20)31-32(26(24)19-11-15-22(29)16-12-19)27(33)30-23-6-2-1-3-7-23/h1-3,6-7,9-17,24,26H,4-5,8H2,(H,30,33)/b20-17+/t24-,26+/m0/s1. The predicted molar refractivity (Wildman–Crippen MR) is 143 cm³/mol. The number of hydrazone groups is 1. The van der Waals surface area contributed by atoms with E-state index in [0.29, 0.717) is 5.11 Å². The van der Waals surface area contributed by atoms with E-state index in [-0.39, 0.29) is 12.0 Å². The van der Waals surface area contributed by atoms with Gasteiger partial charge in [0.25, 0.3) is 0 Å². The first-order valence-electron chi connectivity index (χ1n) is 11.0. The van der Waals surface area contributed by atoms with Gasteiger partial charge >= 0.3 is 0 Å². The highest BCUT2D eigenvalue weighted by Gasteiger charge is 2.42. The van der Waals surface area contributed by atoms with Crippen LogP contribution in [-0.2, 0) is 0 Å². The molecule has 3 nitrogen and oxygen atoms in total. The van der Waals surface area contributed by atoms with E-state index in [1.807, 2.05) is 71.7 Å². The molecule has 6 heteroatoms. The molecule has 0 unspecified atom stereocenters. The summed E-state index contributed by atoms with van der Waals surface area (Å²) in [7, 11) is 0. The Morgan fingerprint density at radius 3 is 2.30 bits per heavy atom. The molecule has 1 aliphatic heterocycles. The third-order valence-corrected chi connectivity index (χ3v) is 6.95. The monoisotopic (exact) mass is 491 g/mol. The first-order valence-corrected chi connectivity index (χ1v) is 12.2. The number of halogens is 2. The van der Waals surface area contributed by atoms with Crippen molar-refractivity contribution in [3.8, 4) is 0 Å². The Labute approximate surface area is 209 Å². The Bertz CT molecular complexity index is 1200. The second-order valence-electron chi connectivity index (χ2n) is 8.34. The normalized spacial score (nSPS) is 21.0. The third kappa shape index (κ3) is 4.84. The summed E-state index contributed by atoms with van der Waals surface area (Å²) in [6.07, 6.45) is 5.41. The average molecular weight is 492 g/mol. The van der Waals surface area contributed by atoms with Gasteiger partial charge < -0.3 is 5.32 Å². The molecular weight excluding hydrogens is 469 g/mol. The van der Waals surface area contributed by atoms with E-state index in [2.05, 4.69) is 23.5 Å². The SMILES string of the molecule is S=C(Nc1ccccc1)N1N=C2/C(=C/c3ccc(Cl)cc3)CCC[C@@H]2[C@H]1c1ccc(Cl)cc1. The fourth-order valence-corrected chi connectivity index (χ4v) is 5.15. The number of rotatable bonds is 3.